The van der Waals surface area contributed by atoms with Crippen molar-refractivity contribution in [3.05, 3.63) is 28.8 Å². The Morgan fingerprint density at radius 3 is 2.69 bits per heavy atom. The zero-order valence-corrected chi connectivity index (χ0v) is 10.6. The minimum atomic E-state index is 0.141. The predicted molar refractivity (Wildman–Crippen MR) is 69.2 cm³/mol. The first-order chi connectivity index (χ1) is 7.72. The summed E-state index contributed by atoms with van der Waals surface area (Å²) in [5.74, 6) is 0. The van der Waals surface area contributed by atoms with Crippen LogP contribution >= 0.6 is 11.6 Å². The van der Waals surface area contributed by atoms with E-state index in [9.17, 15) is 0 Å². The molecule has 0 radical (unpaired) electrons. The van der Waals surface area contributed by atoms with Crippen LogP contribution in [0.15, 0.2) is 18.2 Å². The highest BCUT2D eigenvalue weighted by atomic mass is 35.5. The second-order valence-electron chi connectivity index (χ2n) is 3.62. The van der Waals surface area contributed by atoms with E-state index >= 15 is 0 Å². The maximum atomic E-state index is 8.96. The number of likely N-dealkylation sites (N-methyl/N-ethyl adjacent to an activating group) is 1. The number of halogens is 1. The summed E-state index contributed by atoms with van der Waals surface area (Å²) in [5.41, 5.74) is 2.15. The predicted octanol–water partition coefficient (Wildman–Crippen LogP) is 1.88. The number of aliphatic hydroxyl groups is 1. The Hall–Kier alpha value is -0.770. The number of nitrogens with zero attached hydrogens (tertiary/aromatic N) is 1. The quantitative estimate of drug-likeness (QED) is 0.800. The van der Waals surface area contributed by atoms with E-state index in [1.807, 2.05) is 26.1 Å². The normalized spacial score (nSPS) is 10.5. The number of anilines is 1. The summed E-state index contributed by atoms with van der Waals surface area (Å²) >= 11 is 6.22. The van der Waals surface area contributed by atoms with E-state index in [4.69, 9.17) is 16.7 Å². The molecule has 90 valence electrons. The van der Waals surface area contributed by atoms with Crippen LogP contribution in [0.5, 0.6) is 0 Å². The first kappa shape index (κ1) is 13.3. The zero-order chi connectivity index (χ0) is 12.0. The Bertz CT molecular complexity index is 331. The lowest BCUT2D eigenvalue weighted by atomic mass is 10.2. The van der Waals surface area contributed by atoms with Gasteiger partial charge in [0.15, 0.2) is 0 Å². The Morgan fingerprint density at radius 1 is 1.44 bits per heavy atom. The molecular weight excluding hydrogens is 224 g/mol. The van der Waals surface area contributed by atoms with Gasteiger partial charge in [-0.25, -0.2) is 0 Å². The fourth-order valence-corrected chi connectivity index (χ4v) is 2.01. The molecule has 0 fully saturated rings. The van der Waals surface area contributed by atoms with E-state index in [0.717, 1.165) is 29.4 Å². The maximum absolute atomic E-state index is 8.96. The molecule has 0 heterocycles. The van der Waals surface area contributed by atoms with E-state index in [-0.39, 0.29) is 6.61 Å². The zero-order valence-electron chi connectivity index (χ0n) is 9.83. The van der Waals surface area contributed by atoms with Crippen LogP contribution in [0, 0.1) is 0 Å². The van der Waals surface area contributed by atoms with E-state index in [0.29, 0.717) is 6.54 Å². The van der Waals surface area contributed by atoms with Crippen LogP contribution in [0.3, 0.4) is 0 Å². The molecule has 0 saturated carbocycles. The minimum absolute atomic E-state index is 0.141. The van der Waals surface area contributed by atoms with Gasteiger partial charge in [0.1, 0.15) is 0 Å². The number of nitrogens with one attached hydrogen (secondary N) is 1. The van der Waals surface area contributed by atoms with Crippen molar-refractivity contribution in [3.8, 4) is 0 Å². The molecule has 2 N–H and O–H groups in total. The van der Waals surface area contributed by atoms with Gasteiger partial charge in [-0.15, -0.1) is 0 Å². The molecule has 0 aromatic heterocycles. The summed E-state index contributed by atoms with van der Waals surface area (Å²) < 4.78 is 0. The largest absolute Gasteiger partial charge is 0.395 e. The van der Waals surface area contributed by atoms with Gasteiger partial charge in [-0.3, -0.25) is 0 Å². The number of rotatable bonds is 6. The summed E-state index contributed by atoms with van der Waals surface area (Å²) in [5, 5.41) is 12.8. The Labute approximate surface area is 102 Å². The van der Waals surface area contributed by atoms with Gasteiger partial charge < -0.3 is 15.3 Å². The number of hydrogen-bond acceptors (Lipinski definition) is 3. The second-order valence-corrected chi connectivity index (χ2v) is 4.03. The minimum Gasteiger partial charge on any atom is -0.395 e. The van der Waals surface area contributed by atoms with Crippen molar-refractivity contribution < 1.29 is 5.11 Å². The molecule has 1 aromatic carbocycles. The number of hydrogen-bond donors (Lipinski definition) is 2. The van der Waals surface area contributed by atoms with Crippen molar-refractivity contribution in [2.45, 2.75) is 13.5 Å². The van der Waals surface area contributed by atoms with Gasteiger partial charge >= 0.3 is 0 Å². The lowest BCUT2D eigenvalue weighted by molar-refractivity contribution is 0.302. The fraction of sp³-hybridized carbons (Fsp3) is 0.500. The van der Waals surface area contributed by atoms with Crippen molar-refractivity contribution in [1.29, 1.82) is 0 Å². The van der Waals surface area contributed by atoms with Crippen molar-refractivity contribution >= 4 is 17.3 Å². The van der Waals surface area contributed by atoms with Gasteiger partial charge in [0.25, 0.3) is 0 Å². The summed E-state index contributed by atoms with van der Waals surface area (Å²) in [6.45, 7) is 4.45. The van der Waals surface area contributed by atoms with Crippen molar-refractivity contribution in [3.63, 3.8) is 0 Å². The first-order valence-electron chi connectivity index (χ1n) is 5.51. The summed E-state index contributed by atoms with van der Waals surface area (Å²) in [6, 6.07) is 6.03. The van der Waals surface area contributed by atoms with E-state index < -0.39 is 0 Å². The van der Waals surface area contributed by atoms with Gasteiger partial charge in [-0.1, -0.05) is 17.7 Å². The number of aliphatic hydroxyl groups excluding tert-OH is 1. The molecule has 16 heavy (non-hydrogen) atoms. The number of benzene rings is 1. The van der Waals surface area contributed by atoms with E-state index in [2.05, 4.69) is 16.3 Å². The van der Waals surface area contributed by atoms with Gasteiger partial charge in [0.05, 0.1) is 17.3 Å². The molecule has 0 saturated heterocycles. The average Bonchev–Trinajstić information content (AvgIpc) is 2.27. The molecule has 1 rings (SSSR count). The first-order valence-corrected chi connectivity index (χ1v) is 5.89. The van der Waals surface area contributed by atoms with Crippen LogP contribution in [0.1, 0.15) is 12.5 Å². The molecule has 4 heteroatoms. The Kier molecular flexibility index (Phi) is 5.60. The third-order valence-electron chi connectivity index (χ3n) is 2.49. The second kappa shape index (κ2) is 6.74. The van der Waals surface area contributed by atoms with Crippen LogP contribution in [0.2, 0.25) is 5.02 Å². The Morgan fingerprint density at radius 2 is 2.19 bits per heavy atom. The SMILES string of the molecule is CCN(CCO)c1ccc(CNC)cc1Cl. The Balaban J connectivity index is 2.87. The lowest BCUT2D eigenvalue weighted by Crippen LogP contribution is -2.26. The van der Waals surface area contributed by atoms with Gasteiger partial charge in [-0.2, -0.15) is 0 Å². The van der Waals surface area contributed by atoms with Crippen molar-refractivity contribution in [2.75, 3.05) is 31.6 Å². The molecule has 0 atom stereocenters. The van der Waals surface area contributed by atoms with Gasteiger partial charge in [0.2, 0.25) is 0 Å². The molecule has 0 amide bonds. The van der Waals surface area contributed by atoms with Gasteiger partial charge in [0, 0.05) is 19.6 Å². The topological polar surface area (TPSA) is 35.5 Å². The van der Waals surface area contributed by atoms with Crippen molar-refractivity contribution in [1.82, 2.24) is 5.32 Å². The molecule has 0 aliphatic carbocycles. The maximum Gasteiger partial charge on any atom is 0.0642 e. The lowest BCUT2D eigenvalue weighted by Gasteiger charge is -2.23. The third kappa shape index (κ3) is 3.37. The monoisotopic (exact) mass is 242 g/mol. The highest BCUT2D eigenvalue weighted by Gasteiger charge is 2.08. The van der Waals surface area contributed by atoms with Crippen LogP contribution in [0.4, 0.5) is 5.69 Å². The molecule has 0 aliphatic rings. The van der Waals surface area contributed by atoms with Gasteiger partial charge in [-0.05, 0) is 31.7 Å². The molecule has 1 aromatic rings. The highest BCUT2D eigenvalue weighted by molar-refractivity contribution is 6.33. The average molecular weight is 243 g/mol. The highest BCUT2D eigenvalue weighted by Crippen LogP contribution is 2.26. The summed E-state index contributed by atoms with van der Waals surface area (Å²) in [6.07, 6.45) is 0. The van der Waals surface area contributed by atoms with Crippen LogP contribution < -0.4 is 10.2 Å². The smallest absolute Gasteiger partial charge is 0.0642 e. The summed E-state index contributed by atoms with van der Waals surface area (Å²) in [7, 11) is 1.91. The van der Waals surface area contributed by atoms with Crippen molar-refractivity contribution in [2.24, 2.45) is 0 Å². The summed E-state index contributed by atoms with van der Waals surface area (Å²) in [4.78, 5) is 2.06. The molecule has 0 unspecified atom stereocenters. The van der Waals surface area contributed by atoms with E-state index in [1.54, 1.807) is 0 Å². The molecule has 0 spiro atoms. The third-order valence-corrected chi connectivity index (χ3v) is 2.79. The van der Waals surface area contributed by atoms with Crippen LogP contribution in [0.25, 0.3) is 0 Å². The molecule has 3 nitrogen and oxygen atoms in total. The molecular formula is C12H19ClN2O. The molecule has 0 aliphatic heterocycles. The molecule has 0 bridgehead atoms. The van der Waals surface area contributed by atoms with Crippen LogP contribution in [-0.4, -0.2) is 31.9 Å². The fourth-order valence-electron chi connectivity index (χ4n) is 1.69. The van der Waals surface area contributed by atoms with Crippen LogP contribution in [-0.2, 0) is 6.54 Å². The van der Waals surface area contributed by atoms with E-state index in [1.165, 1.54) is 0 Å². The standard InChI is InChI=1S/C12H19ClN2O/c1-3-15(6-7-16)12-5-4-10(9-14-2)8-11(12)13/h4-5,8,14,16H,3,6-7,9H2,1-2H3.